The Morgan fingerprint density at radius 1 is 1.05 bits per heavy atom. The van der Waals surface area contributed by atoms with Gasteiger partial charge in [0, 0.05) is 31.0 Å². The zero-order valence-corrected chi connectivity index (χ0v) is 12.8. The molecule has 0 bridgehead atoms. The standard InChI is InChI=1S/C17H19N5/c1-13(14-8-10-18-11-9-14)19-12-16-20-21-17(22(16)2)15-6-4-3-5-7-15/h3-11,13,19H,12H2,1-2H3/t13-/m0/s1. The normalized spacial score (nSPS) is 12.3. The molecule has 0 fully saturated rings. The molecule has 112 valence electrons. The first-order valence-corrected chi connectivity index (χ1v) is 7.32. The van der Waals surface area contributed by atoms with E-state index in [2.05, 4.69) is 27.4 Å². The van der Waals surface area contributed by atoms with Crippen LogP contribution in [-0.2, 0) is 13.6 Å². The summed E-state index contributed by atoms with van der Waals surface area (Å²) in [6, 6.07) is 14.4. The molecule has 3 aromatic rings. The minimum Gasteiger partial charge on any atom is -0.313 e. The average molecular weight is 293 g/mol. The third-order valence-corrected chi connectivity index (χ3v) is 3.77. The molecule has 0 unspecified atom stereocenters. The first-order valence-electron chi connectivity index (χ1n) is 7.32. The molecule has 5 nitrogen and oxygen atoms in total. The number of nitrogens with zero attached hydrogens (tertiary/aromatic N) is 4. The Balaban J connectivity index is 1.71. The van der Waals surface area contributed by atoms with E-state index >= 15 is 0 Å². The van der Waals surface area contributed by atoms with Crippen molar-refractivity contribution >= 4 is 0 Å². The van der Waals surface area contributed by atoms with Gasteiger partial charge in [0.05, 0.1) is 6.54 Å². The quantitative estimate of drug-likeness (QED) is 0.786. The molecule has 0 aliphatic heterocycles. The van der Waals surface area contributed by atoms with Gasteiger partial charge < -0.3 is 9.88 Å². The monoisotopic (exact) mass is 293 g/mol. The van der Waals surface area contributed by atoms with Crippen LogP contribution in [0.15, 0.2) is 54.9 Å². The van der Waals surface area contributed by atoms with Crippen molar-refractivity contribution in [3.05, 3.63) is 66.2 Å². The van der Waals surface area contributed by atoms with Crippen molar-refractivity contribution < 1.29 is 0 Å². The van der Waals surface area contributed by atoms with E-state index in [1.165, 1.54) is 5.56 Å². The molecule has 0 spiro atoms. The summed E-state index contributed by atoms with van der Waals surface area (Å²) in [6.07, 6.45) is 3.62. The molecule has 3 rings (SSSR count). The minimum atomic E-state index is 0.236. The largest absolute Gasteiger partial charge is 0.313 e. The topological polar surface area (TPSA) is 55.6 Å². The highest BCUT2D eigenvalue weighted by Gasteiger charge is 2.11. The van der Waals surface area contributed by atoms with Crippen molar-refractivity contribution in [3.8, 4) is 11.4 Å². The van der Waals surface area contributed by atoms with Crippen molar-refractivity contribution in [2.45, 2.75) is 19.5 Å². The predicted octanol–water partition coefficient (Wildman–Crippen LogP) is 2.73. The minimum absolute atomic E-state index is 0.236. The van der Waals surface area contributed by atoms with E-state index in [1.54, 1.807) is 0 Å². The van der Waals surface area contributed by atoms with E-state index in [1.807, 2.05) is 66.5 Å². The zero-order chi connectivity index (χ0) is 15.4. The van der Waals surface area contributed by atoms with Crippen LogP contribution in [0.25, 0.3) is 11.4 Å². The fourth-order valence-corrected chi connectivity index (χ4v) is 2.37. The fourth-order valence-electron chi connectivity index (χ4n) is 2.37. The van der Waals surface area contributed by atoms with E-state index in [9.17, 15) is 0 Å². The highest BCUT2D eigenvalue weighted by atomic mass is 15.3. The Bertz CT molecular complexity index is 721. The number of pyridine rings is 1. The molecule has 1 N–H and O–H groups in total. The van der Waals surface area contributed by atoms with Gasteiger partial charge in [-0.25, -0.2) is 0 Å². The lowest BCUT2D eigenvalue weighted by Gasteiger charge is -2.13. The second-order valence-electron chi connectivity index (χ2n) is 5.25. The first kappa shape index (κ1) is 14.4. The fraction of sp³-hybridized carbons (Fsp3) is 0.235. The van der Waals surface area contributed by atoms with Gasteiger partial charge in [-0.3, -0.25) is 4.98 Å². The number of nitrogens with one attached hydrogen (secondary N) is 1. The van der Waals surface area contributed by atoms with Crippen LogP contribution in [-0.4, -0.2) is 19.7 Å². The summed E-state index contributed by atoms with van der Waals surface area (Å²) in [5, 5.41) is 12.1. The summed E-state index contributed by atoms with van der Waals surface area (Å²) < 4.78 is 2.03. The molecule has 0 saturated carbocycles. The number of rotatable bonds is 5. The third kappa shape index (κ3) is 3.04. The lowest BCUT2D eigenvalue weighted by atomic mass is 10.1. The number of aromatic nitrogens is 4. The predicted molar refractivity (Wildman–Crippen MR) is 85.9 cm³/mol. The molecule has 5 heteroatoms. The Kier molecular flexibility index (Phi) is 4.25. The van der Waals surface area contributed by atoms with Crippen molar-refractivity contribution in [1.82, 2.24) is 25.1 Å². The molecule has 0 saturated heterocycles. The molecular weight excluding hydrogens is 274 g/mol. The lowest BCUT2D eigenvalue weighted by Crippen LogP contribution is -2.20. The summed E-state index contributed by atoms with van der Waals surface area (Å²) in [7, 11) is 2.00. The summed E-state index contributed by atoms with van der Waals surface area (Å²) in [6.45, 7) is 2.80. The van der Waals surface area contributed by atoms with Crippen LogP contribution in [0, 0.1) is 0 Å². The van der Waals surface area contributed by atoms with Crippen molar-refractivity contribution in [1.29, 1.82) is 0 Å². The van der Waals surface area contributed by atoms with Gasteiger partial charge in [-0.15, -0.1) is 10.2 Å². The summed E-state index contributed by atoms with van der Waals surface area (Å²) in [4.78, 5) is 4.04. The lowest BCUT2D eigenvalue weighted by molar-refractivity contribution is 0.548. The van der Waals surface area contributed by atoms with E-state index in [-0.39, 0.29) is 6.04 Å². The second kappa shape index (κ2) is 6.49. The summed E-state index contributed by atoms with van der Waals surface area (Å²) in [5.74, 6) is 1.80. The Labute approximate surface area is 130 Å². The summed E-state index contributed by atoms with van der Waals surface area (Å²) >= 11 is 0. The van der Waals surface area contributed by atoms with Crippen LogP contribution in [0.4, 0.5) is 0 Å². The van der Waals surface area contributed by atoms with Gasteiger partial charge in [0.1, 0.15) is 5.82 Å². The SMILES string of the molecule is C[C@H](NCc1nnc(-c2ccccc2)n1C)c1ccncc1. The molecule has 0 aliphatic rings. The molecule has 22 heavy (non-hydrogen) atoms. The molecule has 0 aliphatic carbocycles. The van der Waals surface area contributed by atoms with E-state index in [4.69, 9.17) is 0 Å². The van der Waals surface area contributed by atoms with Gasteiger partial charge in [0.2, 0.25) is 0 Å². The molecule has 2 aromatic heterocycles. The highest BCUT2D eigenvalue weighted by molar-refractivity contribution is 5.54. The van der Waals surface area contributed by atoms with Gasteiger partial charge in [0.25, 0.3) is 0 Å². The summed E-state index contributed by atoms with van der Waals surface area (Å²) in [5.41, 5.74) is 2.28. The van der Waals surface area contributed by atoms with E-state index in [0.717, 1.165) is 17.2 Å². The number of hydrogen-bond acceptors (Lipinski definition) is 4. The van der Waals surface area contributed by atoms with Gasteiger partial charge in [0.15, 0.2) is 5.82 Å². The van der Waals surface area contributed by atoms with Crippen LogP contribution in [0.5, 0.6) is 0 Å². The van der Waals surface area contributed by atoms with E-state index in [0.29, 0.717) is 6.54 Å². The first-order chi connectivity index (χ1) is 10.8. The van der Waals surface area contributed by atoms with Gasteiger partial charge in [-0.05, 0) is 24.6 Å². The van der Waals surface area contributed by atoms with Gasteiger partial charge in [-0.2, -0.15) is 0 Å². The molecule has 0 amide bonds. The average Bonchev–Trinajstić information content (AvgIpc) is 2.95. The van der Waals surface area contributed by atoms with Gasteiger partial charge in [-0.1, -0.05) is 30.3 Å². The van der Waals surface area contributed by atoms with Crippen molar-refractivity contribution in [2.75, 3.05) is 0 Å². The van der Waals surface area contributed by atoms with Crippen LogP contribution in [0.2, 0.25) is 0 Å². The van der Waals surface area contributed by atoms with E-state index < -0.39 is 0 Å². The van der Waals surface area contributed by atoms with Crippen LogP contribution in [0.3, 0.4) is 0 Å². The third-order valence-electron chi connectivity index (χ3n) is 3.77. The highest BCUT2D eigenvalue weighted by Crippen LogP contribution is 2.17. The molecule has 0 radical (unpaired) electrons. The smallest absolute Gasteiger partial charge is 0.163 e. The van der Waals surface area contributed by atoms with Crippen LogP contribution in [0.1, 0.15) is 24.4 Å². The molecule has 2 heterocycles. The maximum Gasteiger partial charge on any atom is 0.163 e. The zero-order valence-electron chi connectivity index (χ0n) is 12.8. The maximum absolute atomic E-state index is 4.30. The Hall–Kier alpha value is -2.53. The molecular formula is C17H19N5. The molecule has 1 aromatic carbocycles. The Morgan fingerprint density at radius 2 is 1.77 bits per heavy atom. The van der Waals surface area contributed by atoms with Gasteiger partial charge >= 0.3 is 0 Å². The number of benzene rings is 1. The maximum atomic E-state index is 4.30. The van der Waals surface area contributed by atoms with Crippen LogP contribution < -0.4 is 5.32 Å². The van der Waals surface area contributed by atoms with Crippen molar-refractivity contribution in [2.24, 2.45) is 7.05 Å². The van der Waals surface area contributed by atoms with Crippen molar-refractivity contribution in [3.63, 3.8) is 0 Å². The number of hydrogen-bond donors (Lipinski definition) is 1. The second-order valence-corrected chi connectivity index (χ2v) is 5.25. The Morgan fingerprint density at radius 3 is 2.50 bits per heavy atom. The molecule has 1 atom stereocenters. The van der Waals surface area contributed by atoms with Crippen LogP contribution >= 0.6 is 0 Å².